The first-order valence-corrected chi connectivity index (χ1v) is 5.74. The Morgan fingerprint density at radius 3 is 2.56 bits per heavy atom. The lowest BCUT2D eigenvalue weighted by Crippen LogP contribution is -2.38. The lowest BCUT2D eigenvalue weighted by Gasteiger charge is -2.39. The molecule has 1 aromatic heterocycles. The summed E-state index contributed by atoms with van der Waals surface area (Å²) in [6.07, 6.45) is 5.05. The van der Waals surface area contributed by atoms with Crippen molar-refractivity contribution >= 4 is 0 Å². The fourth-order valence-corrected chi connectivity index (χ4v) is 2.16. The number of aromatic nitrogens is 2. The van der Waals surface area contributed by atoms with Gasteiger partial charge in [-0.05, 0) is 33.1 Å². The third kappa shape index (κ3) is 1.72. The van der Waals surface area contributed by atoms with Crippen molar-refractivity contribution in [2.24, 2.45) is 5.73 Å². The minimum atomic E-state index is -0.235. The highest BCUT2D eigenvalue weighted by molar-refractivity contribution is 5.22. The van der Waals surface area contributed by atoms with Gasteiger partial charge in [0.1, 0.15) is 5.60 Å². The lowest BCUT2D eigenvalue weighted by atomic mass is 9.79. The van der Waals surface area contributed by atoms with Gasteiger partial charge in [-0.1, -0.05) is 0 Å². The first-order chi connectivity index (χ1) is 7.59. The zero-order valence-corrected chi connectivity index (χ0v) is 10.2. The molecule has 0 radical (unpaired) electrons. The maximum atomic E-state index is 5.84. The number of nitrogens with two attached hydrogens (primary N) is 1. The van der Waals surface area contributed by atoms with E-state index in [9.17, 15) is 0 Å². The van der Waals surface area contributed by atoms with Crippen LogP contribution in [0.2, 0.25) is 0 Å². The minimum Gasteiger partial charge on any atom is -0.370 e. The summed E-state index contributed by atoms with van der Waals surface area (Å²) in [6.45, 7) is 3.92. The molecule has 1 saturated carbocycles. The standard InChI is InChI=1S/C12H19N3O/c1-8(13)10-7-14-11(15-9(10)2)12(16-3)5-4-6-12/h7-8H,4-6,13H2,1-3H3/t8-/m0/s1. The van der Waals surface area contributed by atoms with Crippen molar-refractivity contribution in [1.29, 1.82) is 0 Å². The summed E-state index contributed by atoms with van der Waals surface area (Å²) in [6, 6.07) is -0.0195. The summed E-state index contributed by atoms with van der Waals surface area (Å²) in [5.74, 6) is 0.808. The second-order valence-electron chi connectivity index (χ2n) is 4.58. The maximum Gasteiger partial charge on any atom is 0.160 e. The number of methoxy groups -OCH3 is 1. The Morgan fingerprint density at radius 1 is 1.50 bits per heavy atom. The fourth-order valence-electron chi connectivity index (χ4n) is 2.16. The van der Waals surface area contributed by atoms with Crippen LogP contribution in [0.25, 0.3) is 0 Å². The Labute approximate surface area is 96.2 Å². The van der Waals surface area contributed by atoms with Crippen LogP contribution in [0.5, 0.6) is 0 Å². The first-order valence-electron chi connectivity index (χ1n) is 5.74. The molecule has 0 saturated heterocycles. The molecule has 0 bridgehead atoms. The summed E-state index contributed by atoms with van der Waals surface area (Å²) < 4.78 is 5.56. The van der Waals surface area contributed by atoms with Gasteiger partial charge in [0.25, 0.3) is 0 Å². The van der Waals surface area contributed by atoms with E-state index in [1.165, 1.54) is 6.42 Å². The Balaban J connectivity index is 2.34. The van der Waals surface area contributed by atoms with Crippen LogP contribution >= 0.6 is 0 Å². The Hall–Kier alpha value is -1.00. The van der Waals surface area contributed by atoms with Gasteiger partial charge in [-0.2, -0.15) is 0 Å². The van der Waals surface area contributed by atoms with Crippen molar-refractivity contribution in [3.63, 3.8) is 0 Å². The molecular formula is C12H19N3O. The van der Waals surface area contributed by atoms with E-state index < -0.39 is 0 Å². The molecule has 1 heterocycles. The molecule has 4 nitrogen and oxygen atoms in total. The molecule has 4 heteroatoms. The number of rotatable bonds is 3. The smallest absolute Gasteiger partial charge is 0.160 e. The quantitative estimate of drug-likeness (QED) is 0.846. The van der Waals surface area contributed by atoms with E-state index in [0.717, 1.165) is 29.9 Å². The highest BCUT2D eigenvalue weighted by Gasteiger charge is 2.41. The molecule has 1 aliphatic rings. The molecule has 16 heavy (non-hydrogen) atoms. The number of ether oxygens (including phenoxy) is 1. The maximum absolute atomic E-state index is 5.84. The third-order valence-electron chi connectivity index (χ3n) is 3.47. The normalized spacial score (nSPS) is 20.2. The molecule has 1 aromatic rings. The zero-order chi connectivity index (χ0) is 11.8. The molecule has 0 amide bonds. The van der Waals surface area contributed by atoms with Gasteiger partial charge in [0.2, 0.25) is 0 Å². The molecule has 0 aliphatic heterocycles. The largest absolute Gasteiger partial charge is 0.370 e. The molecular weight excluding hydrogens is 202 g/mol. The van der Waals surface area contributed by atoms with Gasteiger partial charge in [-0.3, -0.25) is 0 Å². The summed E-state index contributed by atoms with van der Waals surface area (Å²) in [5.41, 5.74) is 7.58. The average Bonchev–Trinajstić information content (AvgIpc) is 2.16. The van der Waals surface area contributed by atoms with Crippen molar-refractivity contribution in [2.75, 3.05) is 7.11 Å². The predicted octanol–water partition coefficient (Wildman–Crippen LogP) is 1.83. The van der Waals surface area contributed by atoms with Gasteiger partial charge >= 0.3 is 0 Å². The molecule has 2 rings (SSSR count). The predicted molar refractivity (Wildman–Crippen MR) is 61.9 cm³/mol. The van der Waals surface area contributed by atoms with E-state index in [1.807, 2.05) is 20.0 Å². The second-order valence-corrected chi connectivity index (χ2v) is 4.58. The van der Waals surface area contributed by atoms with Gasteiger partial charge in [0.05, 0.1) is 0 Å². The minimum absolute atomic E-state index is 0.0195. The van der Waals surface area contributed by atoms with Crippen LogP contribution in [0.1, 0.15) is 49.3 Å². The summed E-state index contributed by atoms with van der Waals surface area (Å²) >= 11 is 0. The van der Waals surface area contributed by atoms with Crippen LogP contribution in [0, 0.1) is 6.92 Å². The summed E-state index contributed by atoms with van der Waals surface area (Å²) in [4.78, 5) is 8.95. The molecule has 0 unspecified atom stereocenters. The van der Waals surface area contributed by atoms with E-state index in [4.69, 9.17) is 10.5 Å². The molecule has 2 N–H and O–H groups in total. The van der Waals surface area contributed by atoms with E-state index in [0.29, 0.717) is 0 Å². The van der Waals surface area contributed by atoms with Crippen molar-refractivity contribution in [3.8, 4) is 0 Å². The summed E-state index contributed by atoms with van der Waals surface area (Å²) in [5, 5.41) is 0. The number of hydrogen-bond acceptors (Lipinski definition) is 4. The van der Waals surface area contributed by atoms with E-state index in [-0.39, 0.29) is 11.6 Å². The van der Waals surface area contributed by atoms with Crippen LogP contribution in [-0.4, -0.2) is 17.1 Å². The first kappa shape index (κ1) is 11.5. The van der Waals surface area contributed by atoms with Crippen molar-refractivity contribution in [2.45, 2.75) is 44.8 Å². The average molecular weight is 221 g/mol. The third-order valence-corrected chi connectivity index (χ3v) is 3.47. The van der Waals surface area contributed by atoms with Gasteiger partial charge in [0, 0.05) is 30.6 Å². The fraction of sp³-hybridized carbons (Fsp3) is 0.667. The van der Waals surface area contributed by atoms with Crippen LogP contribution < -0.4 is 5.73 Å². The topological polar surface area (TPSA) is 61.0 Å². The molecule has 88 valence electrons. The van der Waals surface area contributed by atoms with Crippen molar-refractivity contribution < 1.29 is 4.74 Å². The zero-order valence-electron chi connectivity index (χ0n) is 10.2. The number of hydrogen-bond donors (Lipinski definition) is 1. The van der Waals surface area contributed by atoms with Crippen molar-refractivity contribution in [3.05, 3.63) is 23.3 Å². The van der Waals surface area contributed by atoms with Crippen LogP contribution in [0.15, 0.2) is 6.20 Å². The Bertz CT molecular complexity index is 380. The van der Waals surface area contributed by atoms with Gasteiger partial charge in [-0.15, -0.1) is 0 Å². The molecule has 0 spiro atoms. The van der Waals surface area contributed by atoms with Crippen LogP contribution in [0.3, 0.4) is 0 Å². The Kier molecular flexibility index (Phi) is 2.95. The van der Waals surface area contributed by atoms with Crippen LogP contribution in [0.4, 0.5) is 0 Å². The Morgan fingerprint density at radius 2 is 2.19 bits per heavy atom. The molecule has 1 atom stereocenters. The second kappa shape index (κ2) is 4.11. The summed E-state index contributed by atoms with van der Waals surface area (Å²) in [7, 11) is 1.73. The molecule has 0 aromatic carbocycles. The molecule has 1 aliphatic carbocycles. The highest BCUT2D eigenvalue weighted by atomic mass is 16.5. The molecule has 1 fully saturated rings. The number of nitrogens with zero attached hydrogens (tertiary/aromatic N) is 2. The van der Waals surface area contributed by atoms with Crippen molar-refractivity contribution in [1.82, 2.24) is 9.97 Å². The van der Waals surface area contributed by atoms with E-state index in [1.54, 1.807) is 7.11 Å². The SMILES string of the molecule is COC1(c2ncc([C@H](C)N)c(C)n2)CCC1. The highest BCUT2D eigenvalue weighted by Crippen LogP contribution is 2.42. The van der Waals surface area contributed by atoms with Gasteiger partial charge in [-0.25, -0.2) is 9.97 Å². The van der Waals surface area contributed by atoms with E-state index in [2.05, 4.69) is 9.97 Å². The lowest BCUT2D eigenvalue weighted by molar-refractivity contribution is -0.0848. The van der Waals surface area contributed by atoms with Crippen LogP contribution in [-0.2, 0) is 10.3 Å². The number of aryl methyl sites for hydroxylation is 1. The monoisotopic (exact) mass is 221 g/mol. The van der Waals surface area contributed by atoms with E-state index >= 15 is 0 Å². The van der Waals surface area contributed by atoms with Gasteiger partial charge < -0.3 is 10.5 Å². The van der Waals surface area contributed by atoms with Gasteiger partial charge in [0.15, 0.2) is 5.82 Å².